The van der Waals surface area contributed by atoms with Gasteiger partial charge in [0, 0.05) is 44.0 Å². The third kappa shape index (κ3) is 5.02. The van der Waals surface area contributed by atoms with Gasteiger partial charge in [0.2, 0.25) is 0 Å². The zero-order valence-corrected chi connectivity index (χ0v) is 18.9. The van der Waals surface area contributed by atoms with Crippen molar-refractivity contribution in [3.8, 4) is 0 Å². The van der Waals surface area contributed by atoms with Crippen molar-refractivity contribution in [3.05, 3.63) is 77.8 Å². The number of aliphatic hydroxyl groups is 1. The van der Waals surface area contributed by atoms with Gasteiger partial charge in [0.05, 0.1) is 5.60 Å². The van der Waals surface area contributed by atoms with E-state index in [4.69, 9.17) is 4.42 Å². The van der Waals surface area contributed by atoms with Crippen LogP contribution in [0.1, 0.15) is 53.8 Å². The summed E-state index contributed by atoms with van der Waals surface area (Å²) in [6, 6.07) is 11.3. The Labute approximate surface area is 194 Å². The average Bonchev–Trinajstić information content (AvgIpc) is 3.29. The Kier molecular flexibility index (Phi) is 6.29. The SMILES string of the molecule is O=C(NCc1cccnc1)c1cc2cc(C3(O)CCN(CC4CC=CCC4)CC3)ccc2o1. The molecule has 0 saturated carbocycles. The number of allylic oxidation sites excluding steroid dienone is 2. The average molecular weight is 446 g/mol. The van der Waals surface area contributed by atoms with Crippen LogP contribution in [0.15, 0.2) is 65.4 Å². The second-order valence-electron chi connectivity index (χ2n) is 9.39. The highest BCUT2D eigenvalue weighted by Gasteiger charge is 2.34. The van der Waals surface area contributed by atoms with E-state index < -0.39 is 5.60 Å². The number of likely N-dealkylation sites (tertiary alicyclic amines) is 1. The molecule has 2 aliphatic rings. The number of fused-ring (bicyclic) bond motifs is 1. The van der Waals surface area contributed by atoms with Gasteiger partial charge in [0.15, 0.2) is 5.76 Å². The number of rotatable bonds is 6. The molecular formula is C27H31N3O3. The molecule has 2 aromatic heterocycles. The Hall–Kier alpha value is -2.96. The predicted molar refractivity (Wildman–Crippen MR) is 128 cm³/mol. The molecule has 33 heavy (non-hydrogen) atoms. The number of furan rings is 1. The number of aromatic nitrogens is 1. The number of nitrogens with zero attached hydrogens (tertiary/aromatic N) is 2. The number of piperidine rings is 1. The van der Waals surface area contributed by atoms with Crippen molar-refractivity contribution in [1.29, 1.82) is 0 Å². The molecule has 0 spiro atoms. The lowest BCUT2D eigenvalue weighted by Gasteiger charge is -2.40. The molecule has 3 heterocycles. The Bertz CT molecular complexity index is 1130. The van der Waals surface area contributed by atoms with E-state index in [0.717, 1.165) is 54.9 Å². The van der Waals surface area contributed by atoms with E-state index in [0.29, 0.717) is 12.1 Å². The zero-order valence-electron chi connectivity index (χ0n) is 18.9. The lowest BCUT2D eigenvalue weighted by molar-refractivity contribution is -0.0289. The first-order valence-electron chi connectivity index (χ1n) is 11.9. The Morgan fingerprint density at radius 1 is 1.21 bits per heavy atom. The van der Waals surface area contributed by atoms with Crippen molar-refractivity contribution in [1.82, 2.24) is 15.2 Å². The molecular weight excluding hydrogens is 414 g/mol. The van der Waals surface area contributed by atoms with Gasteiger partial charge in [0.1, 0.15) is 5.58 Å². The highest BCUT2D eigenvalue weighted by atomic mass is 16.3. The summed E-state index contributed by atoms with van der Waals surface area (Å²) in [6.07, 6.45) is 13.1. The molecule has 3 aromatic rings. The van der Waals surface area contributed by atoms with Gasteiger partial charge < -0.3 is 19.7 Å². The summed E-state index contributed by atoms with van der Waals surface area (Å²) in [7, 11) is 0. The van der Waals surface area contributed by atoms with Gasteiger partial charge in [-0.25, -0.2) is 0 Å². The number of amides is 1. The summed E-state index contributed by atoms with van der Waals surface area (Å²) >= 11 is 0. The largest absolute Gasteiger partial charge is 0.451 e. The minimum absolute atomic E-state index is 0.263. The van der Waals surface area contributed by atoms with Crippen LogP contribution in [0.3, 0.4) is 0 Å². The maximum Gasteiger partial charge on any atom is 0.287 e. The summed E-state index contributed by atoms with van der Waals surface area (Å²) in [5.74, 6) is 0.752. The quantitative estimate of drug-likeness (QED) is 0.550. The van der Waals surface area contributed by atoms with Crippen molar-refractivity contribution in [2.45, 2.75) is 44.2 Å². The molecule has 1 aliphatic heterocycles. The molecule has 1 fully saturated rings. The zero-order chi connectivity index (χ0) is 22.7. The van der Waals surface area contributed by atoms with Crippen molar-refractivity contribution in [3.63, 3.8) is 0 Å². The first-order chi connectivity index (χ1) is 16.1. The molecule has 1 unspecified atom stereocenters. The van der Waals surface area contributed by atoms with Gasteiger partial charge in [-0.15, -0.1) is 0 Å². The number of hydrogen-bond acceptors (Lipinski definition) is 5. The summed E-state index contributed by atoms with van der Waals surface area (Å²) in [5.41, 5.74) is 1.64. The second kappa shape index (κ2) is 9.49. The number of benzene rings is 1. The molecule has 0 bridgehead atoms. The summed E-state index contributed by atoms with van der Waals surface area (Å²) in [5, 5.41) is 15.1. The fourth-order valence-electron chi connectivity index (χ4n) is 5.00. The molecule has 6 nitrogen and oxygen atoms in total. The monoisotopic (exact) mass is 445 g/mol. The molecule has 2 N–H and O–H groups in total. The van der Waals surface area contributed by atoms with Crippen LogP contribution in [-0.4, -0.2) is 40.5 Å². The van der Waals surface area contributed by atoms with Crippen LogP contribution in [0, 0.1) is 5.92 Å². The van der Waals surface area contributed by atoms with Crippen LogP contribution in [-0.2, 0) is 12.1 Å². The van der Waals surface area contributed by atoms with E-state index in [2.05, 4.69) is 27.4 Å². The first-order valence-corrected chi connectivity index (χ1v) is 11.9. The van der Waals surface area contributed by atoms with Crippen LogP contribution in [0.2, 0.25) is 0 Å². The predicted octanol–water partition coefficient (Wildman–Crippen LogP) is 4.40. The Morgan fingerprint density at radius 2 is 2.09 bits per heavy atom. The highest BCUT2D eigenvalue weighted by molar-refractivity contribution is 5.96. The number of carbonyl (C=O) groups is 1. The van der Waals surface area contributed by atoms with Gasteiger partial charge in [-0.3, -0.25) is 9.78 Å². The maximum atomic E-state index is 12.6. The molecule has 0 radical (unpaired) electrons. The molecule has 1 atom stereocenters. The molecule has 6 heteroatoms. The van der Waals surface area contributed by atoms with Crippen molar-refractivity contribution >= 4 is 16.9 Å². The van der Waals surface area contributed by atoms with Gasteiger partial charge in [-0.05, 0) is 73.4 Å². The van der Waals surface area contributed by atoms with E-state index in [1.54, 1.807) is 18.5 Å². The first kappa shape index (κ1) is 21.9. The summed E-state index contributed by atoms with van der Waals surface area (Å²) in [4.78, 5) is 19.1. The van der Waals surface area contributed by atoms with Crippen LogP contribution in [0.4, 0.5) is 0 Å². The minimum atomic E-state index is -0.836. The van der Waals surface area contributed by atoms with E-state index in [9.17, 15) is 9.90 Å². The molecule has 1 aliphatic carbocycles. The summed E-state index contributed by atoms with van der Waals surface area (Å²) in [6.45, 7) is 3.32. The molecule has 1 saturated heterocycles. The number of nitrogens with one attached hydrogen (secondary N) is 1. The van der Waals surface area contributed by atoms with Gasteiger partial charge in [-0.2, -0.15) is 0 Å². The van der Waals surface area contributed by atoms with Crippen molar-refractivity contribution in [2.75, 3.05) is 19.6 Å². The van der Waals surface area contributed by atoms with Crippen molar-refractivity contribution < 1.29 is 14.3 Å². The fraction of sp³-hybridized carbons (Fsp3) is 0.407. The van der Waals surface area contributed by atoms with E-state index in [1.165, 1.54) is 19.3 Å². The smallest absolute Gasteiger partial charge is 0.287 e. The third-order valence-electron chi connectivity index (χ3n) is 7.03. The van der Waals surface area contributed by atoms with Gasteiger partial charge in [0.25, 0.3) is 5.91 Å². The van der Waals surface area contributed by atoms with Crippen LogP contribution < -0.4 is 5.32 Å². The molecule has 1 amide bonds. The highest BCUT2D eigenvalue weighted by Crippen LogP contribution is 2.35. The molecule has 172 valence electrons. The fourth-order valence-corrected chi connectivity index (χ4v) is 5.00. The van der Waals surface area contributed by atoms with Crippen LogP contribution in [0.5, 0.6) is 0 Å². The molecule has 1 aromatic carbocycles. The topological polar surface area (TPSA) is 78.6 Å². The van der Waals surface area contributed by atoms with E-state index in [-0.39, 0.29) is 11.7 Å². The third-order valence-corrected chi connectivity index (χ3v) is 7.03. The Balaban J connectivity index is 1.23. The number of hydrogen-bond donors (Lipinski definition) is 2. The van der Waals surface area contributed by atoms with Crippen LogP contribution >= 0.6 is 0 Å². The summed E-state index contributed by atoms with van der Waals surface area (Å²) < 4.78 is 5.77. The van der Waals surface area contributed by atoms with Gasteiger partial charge >= 0.3 is 0 Å². The molecule has 5 rings (SSSR count). The Morgan fingerprint density at radius 3 is 2.85 bits per heavy atom. The van der Waals surface area contributed by atoms with Crippen LogP contribution in [0.25, 0.3) is 11.0 Å². The number of carbonyl (C=O) groups excluding carboxylic acids is 1. The lowest BCUT2D eigenvalue weighted by atomic mass is 9.83. The number of pyridine rings is 1. The van der Waals surface area contributed by atoms with E-state index in [1.807, 2.05) is 30.3 Å². The second-order valence-corrected chi connectivity index (χ2v) is 9.39. The van der Waals surface area contributed by atoms with Crippen molar-refractivity contribution in [2.24, 2.45) is 5.92 Å². The lowest BCUT2D eigenvalue weighted by Crippen LogP contribution is -2.44. The van der Waals surface area contributed by atoms with Gasteiger partial charge in [-0.1, -0.05) is 24.3 Å². The normalized spacial score (nSPS) is 20.7. The minimum Gasteiger partial charge on any atom is -0.451 e. The van der Waals surface area contributed by atoms with E-state index >= 15 is 0 Å². The standard InChI is InChI=1S/C27H31N3O3/c31-26(29-18-21-7-4-12-28-17-21)25-16-22-15-23(8-9-24(22)33-25)27(32)10-13-30(14-11-27)19-20-5-2-1-3-6-20/h1-2,4,7-9,12,15-17,20,32H,3,5-6,10-11,13-14,18-19H2,(H,29,31). The maximum absolute atomic E-state index is 12.6.